The third-order valence-electron chi connectivity index (χ3n) is 3.78. The summed E-state index contributed by atoms with van der Waals surface area (Å²) in [5.41, 5.74) is 1.52. The van der Waals surface area contributed by atoms with Crippen LogP contribution in [-0.4, -0.2) is 30.0 Å². The van der Waals surface area contributed by atoms with Gasteiger partial charge in [-0.3, -0.25) is 14.9 Å². The van der Waals surface area contributed by atoms with Gasteiger partial charge >= 0.3 is 5.97 Å². The van der Waals surface area contributed by atoms with E-state index in [9.17, 15) is 19.7 Å². The molecule has 0 bridgehead atoms. The SMILES string of the molecule is COc1ccc(NC(=O)[C@H](C)OC(=O)/C=C/c2cccc(C)c2)c([N+](=O)[O-])c1. The third kappa shape index (κ3) is 5.66. The van der Waals surface area contributed by atoms with E-state index in [4.69, 9.17) is 9.47 Å². The second-order valence-electron chi connectivity index (χ2n) is 5.96. The molecule has 0 aliphatic rings. The molecule has 1 amide bonds. The van der Waals surface area contributed by atoms with Crippen LogP contribution >= 0.6 is 0 Å². The van der Waals surface area contributed by atoms with Crippen LogP contribution in [-0.2, 0) is 14.3 Å². The first-order valence-electron chi connectivity index (χ1n) is 8.39. The lowest BCUT2D eigenvalue weighted by Crippen LogP contribution is -2.29. The molecule has 2 aromatic rings. The Kier molecular flexibility index (Phi) is 6.86. The van der Waals surface area contributed by atoms with Gasteiger partial charge in [-0.1, -0.05) is 29.8 Å². The maximum atomic E-state index is 12.2. The number of benzene rings is 2. The molecule has 0 fully saturated rings. The summed E-state index contributed by atoms with van der Waals surface area (Å²) in [7, 11) is 1.38. The van der Waals surface area contributed by atoms with Crippen LogP contribution in [0.25, 0.3) is 6.08 Å². The number of hydrogen-bond donors (Lipinski definition) is 1. The number of nitro groups is 1. The van der Waals surface area contributed by atoms with Gasteiger partial charge in [0, 0.05) is 6.08 Å². The monoisotopic (exact) mass is 384 g/mol. The van der Waals surface area contributed by atoms with E-state index in [1.165, 1.54) is 38.3 Å². The molecular formula is C20H20N2O6. The summed E-state index contributed by atoms with van der Waals surface area (Å²) < 4.78 is 9.99. The second-order valence-corrected chi connectivity index (χ2v) is 5.96. The number of hydrogen-bond acceptors (Lipinski definition) is 6. The van der Waals surface area contributed by atoms with E-state index in [1.54, 1.807) is 6.08 Å². The number of carbonyl (C=O) groups excluding carboxylic acids is 2. The van der Waals surface area contributed by atoms with Crippen molar-refractivity contribution in [3.8, 4) is 5.75 Å². The number of rotatable bonds is 7. The summed E-state index contributed by atoms with van der Waals surface area (Å²) in [5.74, 6) is -1.11. The topological polar surface area (TPSA) is 108 Å². The number of esters is 1. The molecule has 0 unspecified atom stereocenters. The van der Waals surface area contributed by atoms with Gasteiger partial charge in [0.1, 0.15) is 11.4 Å². The van der Waals surface area contributed by atoms with E-state index >= 15 is 0 Å². The Balaban J connectivity index is 2.01. The van der Waals surface area contributed by atoms with Gasteiger partial charge in [0.15, 0.2) is 6.10 Å². The molecule has 1 atom stereocenters. The highest BCUT2D eigenvalue weighted by atomic mass is 16.6. The summed E-state index contributed by atoms with van der Waals surface area (Å²) in [6, 6.07) is 11.5. The van der Waals surface area contributed by atoms with Crippen molar-refractivity contribution in [1.29, 1.82) is 0 Å². The molecule has 8 heteroatoms. The summed E-state index contributed by atoms with van der Waals surface area (Å²) in [6.07, 6.45) is 1.65. The Hall–Kier alpha value is -3.68. The van der Waals surface area contributed by atoms with E-state index < -0.39 is 22.9 Å². The van der Waals surface area contributed by atoms with Crippen molar-refractivity contribution < 1.29 is 24.0 Å². The van der Waals surface area contributed by atoms with Gasteiger partial charge in [-0.2, -0.15) is 0 Å². The summed E-state index contributed by atoms with van der Waals surface area (Å²) in [5, 5.41) is 13.6. The van der Waals surface area contributed by atoms with Crippen molar-refractivity contribution in [2.75, 3.05) is 12.4 Å². The predicted octanol–water partition coefficient (Wildman–Crippen LogP) is 3.50. The number of carbonyl (C=O) groups is 2. The molecule has 28 heavy (non-hydrogen) atoms. The van der Waals surface area contributed by atoms with E-state index in [1.807, 2.05) is 31.2 Å². The van der Waals surface area contributed by atoms with Crippen molar-refractivity contribution in [1.82, 2.24) is 0 Å². The van der Waals surface area contributed by atoms with Gasteiger partial charge in [-0.15, -0.1) is 0 Å². The molecule has 8 nitrogen and oxygen atoms in total. The highest BCUT2D eigenvalue weighted by Gasteiger charge is 2.22. The Morgan fingerprint density at radius 3 is 2.61 bits per heavy atom. The van der Waals surface area contributed by atoms with Gasteiger partial charge in [-0.25, -0.2) is 4.79 Å². The largest absolute Gasteiger partial charge is 0.496 e. The van der Waals surface area contributed by atoms with Crippen molar-refractivity contribution in [2.45, 2.75) is 20.0 Å². The molecule has 0 saturated carbocycles. The average molecular weight is 384 g/mol. The van der Waals surface area contributed by atoms with Crippen LogP contribution < -0.4 is 10.1 Å². The van der Waals surface area contributed by atoms with Crippen molar-refractivity contribution in [3.63, 3.8) is 0 Å². The van der Waals surface area contributed by atoms with Gasteiger partial charge in [-0.05, 0) is 37.6 Å². The van der Waals surface area contributed by atoms with Crippen LogP contribution in [0.5, 0.6) is 5.75 Å². The van der Waals surface area contributed by atoms with Gasteiger partial charge in [0.25, 0.3) is 11.6 Å². The van der Waals surface area contributed by atoms with E-state index in [0.717, 1.165) is 11.1 Å². The number of ether oxygens (including phenoxy) is 2. The zero-order valence-corrected chi connectivity index (χ0v) is 15.7. The fourth-order valence-electron chi connectivity index (χ4n) is 2.33. The minimum Gasteiger partial charge on any atom is -0.496 e. The maximum Gasteiger partial charge on any atom is 0.331 e. The van der Waals surface area contributed by atoms with E-state index in [0.29, 0.717) is 0 Å². The number of amides is 1. The lowest BCUT2D eigenvalue weighted by atomic mass is 10.1. The number of nitrogens with zero attached hydrogens (tertiary/aromatic N) is 1. The number of nitro benzene ring substituents is 1. The number of methoxy groups -OCH3 is 1. The molecule has 0 aromatic heterocycles. The normalized spacial score (nSPS) is 11.7. The van der Waals surface area contributed by atoms with Crippen LogP contribution in [0.2, 0.25) is 0 Å². The lowest BCUT2D eigenvalue weighted by molar-refractivity contribution is -0.384. The summed E-state index contributed by atoms with van der Waals surface area (Å²) >= 11 is 0. The van der Waals surface area contributed by atoms with Crippen LogP contribution in [0.3, 0.4) is 0 Å². The molecule has 146 valence electrons. The molecule has 0 saturated heterocycles. The fourth-order valence-corrected chi connectivity index (χ4v) is 2.33. The summed E-state index contributed by atoms with van der Waals surface area (Å²) in [6.45, 7) is 3.31. The van der Waals surface area contributed by atoms with Crippen LogP contribution in [0, 0.1) is 17.0 Å². The molecule has 1 N–H and O–H groups in total. The smallest absolute Gasteiger partial charge is 0.331 e. The molecule has 0 heterocycles. The molecule has 0 spiro atoms. The number of nitrogens with one attached hydrogen (secondary N) is 1. The van der Waals surface area contributed by atoms with Gasteiger partial charge in [0.2, 0.25) is 0 Å². The van der Waals surface area contributed by atoms with E-state index in [-0.39, 0.29) is 17.1 Å². The quantitative estimate of drug-likeness (QED) is 0.339. The fraction of sp³-hybridized carbons (Fsp3) is 0.200. The van der Waals surface area contributed by atoms with Crippen LogP contribution in [0.4, 0.5) is 11.4 Å². The number of anilines is 1. The molecular weight excluding hydrogens is 364 g/mol. The second kappa shape index (κ2) is 9.31. The van der Waals surface area contributed by atoms with Gasteiger partial charge in [0.05, 0.1) is 18.1 Å². The van der Waals surface area contributed by atoms with Crippen LogP contribution in [0.1, 0.15) is 18.1 Å². The van der Waals surface area contributed by atoms with Crippen LogP contribution in [0.15, 0.2) is 48.5 Å². The molecule has 0 aliphatic carbocycles. The summed E-state index contributed by atoms with van der Waals surface area (Å²) in [4.78, 5) is 34.7. The molecule has 2 aromatic carbocycles. The zero-order chi connectivity index (χ0) is 20.7. The Labute approximate surface area is 161 Å². The first-order chi connectivity index (χ1) is 13.3. The Bertz CT molecular complexity index is 923. The maximum absolute atomic E-state index is 12.2. The third-order valence-corrected chi connectivity index (χ3v) is 3.78. The molecule has 0 radical (unpaired) electrons. The first-order valence-corrected chi connectivity index (χ1v) is 8.39. The highest BCUT2D eigenvalue weighted by Crippen LogP contribution is 2.29. The molecule has 2 rings (SSSR count). The highest BCUT2D eigenvalue weighted by molar-refractivity contribution is 5.98. The Morgan fingerprint density at radius 1 is 1.21 bits per heavy atom. The Morgan fingerprint density at radius 2 is 1.96 bits per heavy atom. The average Bonchev–Trinajstić information content (AvgIpc) is 2.66. The first kappa shape index (κ1) is 20.6. The van der Waals surface area contributed by atoms with E-state index in [2.05, 4.69) is 5.32 Å². The van der Waals surface area contributed by atoms with Gasteiger partial charge < -0.3 is 14.8 Å². The molecule has 0 aliphatic heterocycles. The standard InChI is InChI=1S/C20H20N2O6/c1-13-5-4-6-15(11-13)7-10-19(23)28-14(2)20(24)21-17-9-8-16(27-3)12-18(17)22(25)26/h4-12,14H,1-3H3,(H,21,24)/b10-7+/t14-/m0/s1. The van der Waals surface area contributed by atoms with Crippen molar-refractivity contribution in [2.24, 2.45) is 0 Å². The van der Waals surface area contributed by atoms with Crippen molar-refractivity contribution >= 4 is 29.3 Å². The predicted molar refractivity (Wildman–Crippen MR) is 104 cm³/mol. The minimum atomic E-state index is -1.14. The van der Waals surface area contributed by atoms with Crippen molar-refractivity contribution in [3.05, 3.63) is 69.8 Å². The minimum absolute atomic E-state index is 0.0194. The zero-order valence-electron chi connectivity index (χ0n) is 15.7. The number of aryl methyl sites for hydroxylation is 1. The lowest BCUT2D eigenvalue weighted by Gasteiger charge is -2.13.